The SMILES string of the molecule is CCCCCCCCCCCCCCCCCC(=O)NC(=O)c1cccc(C(C)=O)c1. The van der Waals surface area contributed by atoms with Gasteiger partial charge in [-0.05, 0) is 25.5 Å². The number of imide groups is 1. The van der Waals surface area contributed by atoms with E-state index >= 15 is 0 Å². The second-order valence-corrected chi connectivity index (χ2v) is 8.71. The number of nitrogens with one attached hydrogen (secondary N) is 1. The summed E-state index contributed by atoms with van der Waals surface area (Å²) in [5.74, 6) is -0.777. The molecule has 0 unspecified atom stereocenters. The van der Waals surface area contributed by atoms with E-state index in [1.54, 1.807) is 18.2 Å². The number of hydrogen-bond donors (Lipinski definition) is 1. The van der Waals surface area contributed by atoms with Crippen molar-refractivity contribution in [1.29, 1.82) is 0 Å². The number of carbonyl (C=O) groups is 3. The van der Waals surface area contributed by atoms with Gasteiger partial charge in [-0.1, -0.05) is 109 Å². The Morgan fingerprint density at radius 1 is 0.677 bits per heavy atom. The fraction of sp³-hybridized carbons (Fsp3) is 0.667. The first-order valence-electron chi connectivity index (χ1n) is 12.5. The van der Waals surface area contributed by atoms with Crippen LogP contribution in [0.25, 0.3) is 0 Å². The molecule has 1 N–H and O–H groups in total. The third-order valence-electron chi connectivity index (χ3n) is 5.79. The maximum Gasteiger partial charge on any atom is 0.257 e. The molecule has 1 rings (SSSR count). The smallest absolute Gasteiger partial charge is 0.257 e. The molecule has 4 heteroatoms. The first kappa shape index (κ1) is 27.1. The van der Waals surface area contributed by atoms with Crippen LogP contribution in [0.2, 0.25) is 0 Å². The first-order chi connectivity index (χ1) is 15.0. The summed E-state index contributed by atoms with van der Waals surface area (Å²) in [6, 6.07) is 6.46. The molecule has 4 nitrogen and oxygen atoms in total. The van der Waals surface area contributed by atoms with Gasteiger partial charge in [-0.15, -0.1) is 0 Å². The van der Waals surface area contributed by atoms with Crippen molar-refractivity contribution in [2.45, 2.75) is 117 Å². The lowest BCUT2D eigenvalue weighted by Crippen LogP contribution is -2.30. The van der Waals surface area contributed by atoms with E-state index in [9.17, 15) is 14.4 Å². The van der Waals surface area contributed by atoms with Gasteiger partial charge in [0.1, 0.15) is 0 Å². The quantitative estimate of drug-likeness (QED) is 0.195. The minimum Gasteiger partial charge on any atom is -0.295 e. The summed E-state index contributed by atoms with van der Waals surface area (Å²) in [5, 5.41) is 2.42. The average Bonchev–Trinajstić information content (AvgIpc) is 2.76. The normalized spacial score (nSPS) is 10.8. The predicted molar refractivity (Wildman–Crippen MR) is 128 cm³/mol. The molecular weight excluding hydrogens is 386 g/mol. The summed E-state index contributed by atoms with van der Waals surface area (Å²) in [4.78, 5) is 35.5. The summed E-state index contributed by atoms with van der Waals surface area (Å²) in [7, 11) is 0. The summed E-state index contributed by atoms with van der Waals surface area (Å²) in [6.45, 7) is 3.72. The fourth-order valence-electron chi connectivity index (χ4n) is 3.80. The van der Waals surface area contributed by atoms with Crippen LogP contribution in [0.3, 0.4) is 0 Å². The highest BCUT2D eigenvalue weighted by Crippen LogP contribution is 2.14. The molecule has 0 fully saturated rings. The van der Waals surface area contributed by atoms with Crippen LogP contribution in [-0.2, 0) is 4.79 Å². The molecule has 2 amide bonds. The largest absolute Gasteiger partial charge is 0.295 e. The van der Waals surface area contributed by atoms with Gasteiger partial charge in [0.05, 0.1) is 0 Å². The van der Waals surface area contributed by atoms with Crippen LogP contribution in [0.5, 0.6) is 0 Å². The predicted octanol–water partition coefficient (Wildman–Crippen LogP) is 7.41. The molecule has 0 bridgehead atoms. The van der Waals surface area contributed by atoms with E-state index in [-0.39, 0.29) is 11.7 Å². The van der Waals surface area contributed by atoms with Crippen molar-refractivity contribution < 1.29 is 14.4 Å². The molecule has 0 aliphatic heterocycles. The minimum atomic E-state index is -0.436. The highest BCUT2D eigenvalue weighted by molar-refractivity contribution is 6.06. The van der Waals surface area contributed by atoms with Crippen molar-refractivity contribution in [3.05, 3.63) is 35.4 Å². The van der Waals surface area contributed by atoms with Gasteiger partial charge in [0.15, 0.2) is 5.78 Å². The van der Waals surface area contributed by atoms with Crippen LogP contribution in [0.15, 0.2) is 24.3 Å². The van der Waals surface area contributed by atoms with Crippen molar-refractivity contribution in [3.8, 4) is 0 Å². The Labute approximate surface area is 189 Å². The first-order valence-corrected chi connectivity index (χ1v) is 12.5. The van der Waals surface area contributed by atoms with Gasteiger partial charge in [0.2, 0.25) is 5.91 Å². The monoisotopic (exact) mass is 429 g/mol. The van der Waals surface area contributed by atoms with Crippen LogP contribution in [0.4, 0.5) is 0 Å². The Balaban J connectivity index is 1.96. The van der Waals surface area contributed by atoms with Crippen LogP contribution in [0, 0.1) is 0 Å². The van der Waals surface area contributed by atoms with E-state index in [0.717, 1.165) is 19.3 Å². The van der Waals surface area contributed by atoms with Crippen molar-refractivity contribution in [1.82, 2.24) is 5.32 Å². The highest BCUT2D eigenvalue weighted by atomic mass is 16.2. The minimum absolute atomic E-state index is 0.0984. The number of amides is 2. The number of ketones is 1. The van der Waals surface area contributed by atoms with Gasteiger partial charge in [-0.25, -0.2) is 0 Å². The van der Waals surface area contributed by atoms with Crippen LogP contribution in [-0.4, -0.2) is 17.6 Å². The van der Waals surface area contributed by atoms with Gasteiger partial charge in [-0.3, -0.25) is 19.7 Å². The number of unbranched alkanes of at least 4 members (excludes halogenated alkanes) is 14. The van der Waals surface area contributed by atoms with Crippen LogP contribution >= 0.6 is 0 Å². The molecule has 1 aromatic carbocycles. The topological polar surface area (TPSA) is 63.2 Å². The number of benzene rings is 1. The van der Waals surface area contributed by atoms with Gasteiger partial charge < -0.3 is 0 Å². The van der Waals surface area contributed by atoms with Crippen LogP contribution in [0.1, 0.15) is 137 Å². The molecule has 0 saturated heterocycles. The van der Waals surface area contributed by atoms with Crippen LogP contribution < -0.4 is 5.32 Å². The van der Waals surface area contributed by atoms with Crippen molar-refractivity contribution in [2.75, 3.05) is 0 Å². The zero-order valence-corrected chi connectivity index (χ0v) is 19.8. The Bertz CT molecular complexity index is 654. The zero-order valence-electron chi connectivity index (χ0n) is 19.8. The van der Waals surface area contributed by atoms with Crippen molar-refractivity contribution >= 4 is 17.6 Å². The van der Waals surface area contributed by atoms with Crippen molar-refractivity contribution in [3.63, 3.8) is 0 Å². The molecule has 31 heavy (non-hydrogen) atoms. The van der Waals surface area contributed by atoms with E-state index in [1.165, 1.54) is 90.0 Å². The summed E-state index contributed by atoms with van der Waals surface area (Å²) >= 11 is 0. The van der Waals surface area contributed by atoms with E-state index in [4.69, 9.17) is 0 Å². The molecule has 0 aromatic heterocycles. The van der Waals surface area contributed by atoms with E-state index < -0.39 is 5.91 Å². The van der Waals surface area contributed by atoms with Crippen molar-refractivity contribution in [2.24, 2.45) is 0 Å². The Morgan fingerprint density at radius 3 is 1.61 bits per heavy atom. The summed E-state index contributed by atoms with van der Waals surface area (Å²) < 4.78 is 0. The Kier molecular flexibility index (Phi) is 15.4. The summed E-state index contributed by atoms with van der Waals surface area (Å²) in [6.07, 6.45) is 19.6. The van der Waals surface area contributed by atoms with Gasteiger partial charge in [0.25, 0.3) is 5.91 Å². The Morgan fingerprint density at radius 2 is 1.13 bits per heavy atom. The lowest BCUT2D eigenvalue weighted by Gasteiger charge is -2.06. The Hall–Kier alpha value is -1.97. The average molecular weight is 430 g/mol. The molecule has 0 atom stereocenters. The third kappa shape index (κ3) is 13.9. The second-order valence-electron chi connectivity index (χ2n) is 8.71. The van der Waals surface area contributed by atoms with E-state index in [2.05, 4.69) is 12.2 Å². The molecule has 0 aliphatic carbocycles. The second kappa shape index (κ2) is 17.7. The zero-order chi connectivity index (χ0) is 22.7. The third-order valence-corrected chi connectivity index (χ3v) is 5.79. The molecular formula is C27H43NO3. The van der Waals surface area contributed by atoms with Gasteiger partial charge in [0, 0.05) is 17.5 Å². The highest BCUT2D eigenvalue weighted by Gasteiger charge is 2.11. The number of Topliss-reactive ketones (excluding diaryl/α,β-unsaturated/α-hetero) is 1. The molecule has 0 heterocycles. The molecule has 1 aromatic rings. The summed E-state index contributed by atoms with van der Waals surface area (Å²) in [5.41, 5.74) is 0.819. The molecule has 0 radical (unpaired) electrons. The molecule has 0 saturated carbocycles. The number of hydrogen-bond acceptors (Lipinski definition) is 3. The number of carbonyl (C=O) groups excluding carboxylic acids is 3. The molecule has 0 aliphatic rings. The van der Waals surface area contributed by atoms with Gasteiger partial charge >= 0.3 is 0 Å². The standard InChI is InChI=1S/C27H43NO3/c1-3-4-5-6-7-8-9-10-11-12-13-14-15-16-17-21-26(30)28-27(31)25-20-18-19-24(22-25)23(2)29/h18-20,22H,3-17,21H2,1-2H3,(H,28,30,31). The van der Waals surface area contributed by atoms with E-state index in [1.807, 2.05) is 0 Å². The lowest BCUT2D eigenvalue weighted by atomic mass is 10.0. The van der Waals surface area contributed by atoms with Gasteiger partial charge in [-0.2, -0.15) is 0 Å². The maximum atomic E-state index is 12.1. The van der Waals surface area contributed by atoms with E-state index in [0.29, 0.717) is 17.5 Å². The molecule has 0 spiro atoms. The number of rotatable bonds is 18. The molecule has 174 valence electrons. The fourth-order valence-corrected chi connectivity index (χ4v) is 3.80. The lowest BCUT2D eigenvalue weighted by molar-refractivity contribution is -0.120. The maximum absolute atomic E-state index is 12.1.